The molecular weight excluding hydrogens is 589 g/mol. The summed E-state index contributed by atoms with van der Waals surface area (Å²) in [5.41, 5.74) is 5.30. The summed E-state index contributed by atoms with van der Waals surface area (Å²) >= 11 is 1.70. The van der Waals surface area contributed by atoms with Crippen LogP contribution in [0.1, 0.15) is 54.5 Å². The van der Waals surface area contributed by atoms with Crippen molar-refractivity contribution in [1.82, 2.24) is 24.9 Å². The zero-order valence-electron chi connectivity index (χ0n) is 27.5. The Morgan fingerprint density at radius 3 is 2.43 bits per heavy atom. The summed E-state index contributed by atoms with van der Waals surface area (Å²) in [6.07, 6.45) is 7.61. The lowest BCUT2D eigenvalue weighted by molar-refractivity contribution is -0.119. The Kier molecular flexibility index (Phi) is 11.9. The summed E-state index contributed by atoms with van der Waals surface area (Å²) in [6.45, 7) is 15.2. The molecule has 0 unspecified atom stereocenters. The average Bonchev–Trinajstić information content (AvgIpc) is 3.56. The third-order valence-electron chi connectivity index (χ3n) is 8.59. The van der Waals surface area contributed by atoms with Gasteiger partial charge in [-0.05, 0) is 74.6 Å². The van der Waals surface area contributed by atoms with Crippen molar-refractivity contribution in [2.24, 2.45) is 11.8 Å². The standard InChI is InChI=1S/C33H50N6O3SSi/c1-23-8-10-27(11-9-23)31(36-32(40)29-16-17-34-38(29)18-20-43-4)33(41)35-28-14-12-26(13-15-28)30-24(2)37-39(25(30)3)22-42-19-21-44(5,6)7/h12-17,23,27,31H,8-11,18-22H2,1-7H3,(H,35,41)(H,36,40)/t23?,27?,31-/m0/s1. The van der Waals surface area contributed by atoms with Gasteiger partial charge in [-0.1, -0.05) is 51.5 Å². The van der Waals surface area contributed by atoms with E-state index in [1.54, 1.807) is 28.7 Å². The molecule has 1 aromatic carbocycles. The van der Waals surface area contributed by atoms with Gasteiger partial charge in [0.1, 0.15) is 18.5 Å². The number of benzene rings is 1. The van der Waals surface area contributed by atoms with Crippen molar-refractivity contribution in [2.75, 3.05) is 23.9 Å². The molecule has 11 heteroatoms. The molecule has 1 saturated carbocycles. The van der Waals surface area contributed by atoms with Crippen LogP contribution >= 0.6 is 11.8 Å². The highest BCUT2D eigenvalue weighted by molar-refractivity contribution is 7.98. The fraction of sp³-hybridized carbons (Fsp3) is 0.576. The van der Waals surface area contributed by atoms with E-state index >= 15 is 0 Å². The predicted octanol–water partition coefficient (Wildman–Crippen LogP) is 6.60. The Balaban J connectivity index is 1.45. The van der Waals surface area contributed by atoms with Crippen molar-refractivity contribution in [3.63, 3.8) is 0 Å². The van der Waals surface area contributed by atoms with Crippen LogP contribution in [0.25, 0.3) is 11.1 Å². The molecule has 1 atom stereocenters. The van der Waals surface area contributed by atoms with Crippen molar-refractivity contribution in [1.29, 1.82) is 0 Å². The summed E-state index contributed by atoms with van der Waals surface area (Å²) in [5.74, 6) is 1.14. The molecule has 4 rings (SSSR count). The number of aryl methyl sites for hydroxylation is 2. The topological polar surface area (TPSA) is 103 Å². The van der Waals surface area contributed by atoms with Gasteiger partial charge in [0, 0.05) is 43.6 Å². The van der Waals surface area contributed by atoms with Crippen LogP contribution in [0.4, 0.5) is 5.69 Å². The molecule has 1 aliphatic rings. The van der Waals surface area contributed by atoms with E-state index in [0.717, 1.165) is 66.6 Å². The van der Waals surface area contributed by atoms with Crippen LogP contribution in [0, 0.1) is 25.7 Å². The van der Waals surface area contributed by atoms with E-state index in [2.05, 4.69) is 49.2 Å². The number of nitrogens with one attached hydrogen (secondary N) is 2. The highest BCUT2D eigenvalue weighted by Crippen LogP contribution is 2.32. The number of carbonyl (C=O) groups is 2. The van der Waals surface area contributed by atoms with Crippen LogP contribution in [-0.4, -0.2) is 64.1 Å². The SMILES string of the molecule is CSCCn1nccc1C(=O)N[C@H](C(=O)Nc1ccc(-c2c(C)nn(COCC[Si](C)(C)C)c2C)cc1)C1CCC(C)CC1. The Morgan fingerprint density at radius 2 is 1.77 bits per heavy atom. The van der Waals surface area contributed by atoms with Gasteiger partial charge >= 0.3 is 0 Å². The van der Waals surface area contributed by atoms with Gasteiger partial charge in [0.25, 0.3) is 5.91 Å². The van der Waals surface area contributed by atoms with E-state index < -0.39 is 14.1 Å². The monoisotopic (exact) mass is 638 g/mol. The molecule has 0 spiro atoms. The van der Waals surface area contributed by atoms with Crippen LogP contribution in [0.15, 0.2) is 36.5 Å². The van der Waals surface area contributed by atoms with Crippen LogP contribution < -0.4 is 10.6 Å². The zero-order chi connectivity index (χ0) is 31.9. The van der Waals surface area contributed by atoms with Gasteiger partial charge in [0.05, 0.1) is 12.2 Å². The molecule has 3 aromatic rings. The number of ether oxygens (including phenoxy) is 1. The number of nitrogens with zero attached hydrogens (tertiary/aromatic N) is 4. The van der Waals surface area contributed by atoms with Crippen LogP contribution in [0.2, 0.25) is 25.7 Å². The van der Waals surface area contributed by atoms with E-state index in [0.29, 0.717) is 30.6 Å². The molecule has 1 fully saturated rings. The number of carbonyl (C=O) groups excluding carboxylic acids is 2. The zero-order valence-corrected chi connectivity index (χ0v) is 29.3. The summed E-state index contributed by atoms with van der Waals surface area (Å²) in [7, 11) is -1.14. The first kappa shape index (κ1) is 34.0. The van der Waals surface area contributed by atoms with Gasteiger partial charge in [-0.3, -0.25) is 14.3 Å². The Morgan fingerprint density at radius 1 is 1.07 bits per heavy atom. The third-order valence-corrected chi connectivity index (χ3v) is 10.9. The highest BCUT2D eigenvalue weighted by Gasteiger charge is 2.33. The maximum absolute atomic E-state index is 13.7. The minimum absolute atomic E-state index is 0.0843. The molecule has 1 aliphatic carbocycles. The molecule has 2 amide bonds. The fourth-order valence-corrected chi connectivity index (χ4v) is 6.94. The second kappa shape index (κ2) is 15.4. The summed E-state index contributed by atoms with van der Waals surface area (Å²) in [6, 6.07) is 10.1. The molecule has 0 aliphatic heterocycles. The number of hydrogen-bond acceptors (Lipinski definition) is 6. The molecule has 2 aromatic heterocycles. The first-order chi connectivity index (χ1) is 21.0. The van der Waals surface area contributed by atoms with Crippen molar-refractivity contribution in [2.45, 2.75) is 91.5 Å². The molecule has 44 heavy (non-hydrogen) atoms. The quantitative estimate of drug-likeness (QED) is 0.152. The highest BCUT2D eigenvalue weighted by atomic mass is 32.2. The molecule has 240 valence electrons. The maximum Gasteiger partial charge on any atom is 0.270 e. The second-order valence-electron chi connectivity index (χ2n) is 13.4. The lowest BCUT2D eigenvalue weighted by Crippen LogP contribution is -2.49. The Hall–Kier alpha value is -2.89. The Bertz CT molecular complexity index is 1390. The smallest absolute Gasteiger partial charge is 0.270 e. The number of amides is 2. The van der Waals surface area contributed by atoms with E-state index in [4.69, 9.17) is 9.84 Å². The number of anilines is 1. The molecule has 0 bridgehead atoms. The van der Waals surface area contributed by atoms with Gasteiger partial charge in [0.2, 0.25) is 5.91 Å². The van der Waals surface area contributed by atoms with Gasteiger partial charge < -0.3 is 15.4 Å². The van der Waals surface area contributed by atoms with E-state index in [1.165, 1.54) is 0 Å². The predicted molar refractivity (Wildman–Crippen MR) is 183 cm³/mol. The molecule has 2 heterocycles. The second-order valence-corrected chi connectivity index (χ2v) is 20.0. The van der Waals surface area contributed by atoms with Crippen LogP contribution in [-0.2, 0) is 22.8 Å². The number of rotatable bonds is 14. The van der Waals surface area contributed by atoms with Crippen molar-refractivity contribution < 1.29 is 14.3 Å². The van der Waals surface area contributed by atoms with Crippen molar-refractivity contribution in [3.8, 4) is 11.1 Å². The fourth-order valence-electron chi connectivity index (χ4n) is 5.82. The molecule has 0 saturated heterocycles. The summed E-state index contributed by atoms with van der Waals surface area (Å²) in [5, 5.41) is 15.2. The number of aromatic nitrogens is 4. The van der Waals surface area contributed by atoms with Gasteiger partial charge in [-0.15, -0.1) is 0 Å². The van der Waals surface area contributed by atoms with Gasteiger partial charge in [0.15, 0.2) is 0 Å². The number of hydrogen-bond donors (Lipinski definition) is 2. The molecule has 0 radical (unpaired) electrons. The minimum Gasteiger partial charge on any atom is -0.360 e. The first-order valence-corrected chi connectivity index (χ1v) is 20.9. The maximum atomic E-state index is 13.7. The number of thioether (sulfide) groups is 1. The lowest BCUT2D eigenvalue weighted by atomic mass is 9.79. The lowest BCUT2D eigenvalue weighted by Gasteiger charge is -2.32. The van der Waals surface area contributed by atoms with Crippen molar-refractivity contribution in [3.05, 3.63) is 53.6 Å². The van der Waals surface area contributed by atoms with E-state index in [-0.39, 0.29) is 17.7 Å². The minimum atomic E-state index is -1.14. The van der Waals surface area contributed by atoms with E-state index in [9.17, 15) is 9.59 Å². The average molecular weight is 639 g/mol. The summed E-state index contributed by atoms with van der Waals surface area (Å²) < 4.78 is 9.59. The third kappa shape index (κ3) is 9.07. The normalized spacial score (nSPS) is 17.8. The molecule has 9 nitrogen and oxygen atoms in total. The van der Waals surface area contributed by atoms with Crippen LogP contribution in [0.5, 0.6) is 0 Å². The van der Waals surface area contributed by atoms with E-state index in [1.807, 2.05) is 42.1 Å². The first-order valence-electron chi connectivity index (χ1n) is 15.8. The Labute approximate surface area is 267 Å². The molecular formula is C33H50N6O3SSi. The van der Waals surface area contributed by atoms with Gasteiger partial charge in [-0.25, -0.2) is 4.68 Å². The van der Waals surface area contributed by atoms with Gasteiger partial charge in [-0.2, -0.15) is 22.0 Å². The van der Waals surface area contributed by atoms with Crippen molar-refractivity contribution >= 4 is 37.3 Å². The van der Waals surface area contributed by atoms with Crippen LogP contribution in [0.3, 0.4) is 0 Å². The molecule has 2 N–H and O–H groups in total. The largest absolute Gasteiger partial charge is 0.360 e. The summed E-state index contributed by atoms with van der Waals surface area (Å²) in [4.78, 5) is 27.1.